The van der Waals surface area contributed by atoms with E-state index in [1.54, 1.807) is 0 Å². The molecule has 1 aromatic rings. The summed E-state index contributed by atoms with van der Waals surface area (Å²) in [5.74, 6) is 0.903. The summed E-state index contributed by atoms with van der Waals surface area (Å²) in [5.41, 5.74) is -0.194. The summed E-state index contributed by atoms with van der Waals surface area (Å²) >= 11 is 0. The van der Waals surface area contributed by atoms with Crippen LogP contribution in [0, 0.1) is 0 Å². The quantitative estimate of drug-likeness (QED) is 0.819. The van der Waals surface area contributed by atoms with Crippen molar-refractivity contribution in [2.75, 3.05) is 13.2 Å². The molecule has 2 rings (SSSR count). The zero-order chi connectivity index (χ0) is 16.9. The minimum atomic E-state index is -0.194. The Hall–Kier alpha value is -2.04. The van der Waals surface area contributed by atoms with Gasteiger partial charge in [-0.25, -0.2) is 0 Å². The van der Waals surface area contributed by atoms with Crippen LogP contribution < -0.4 is 10.1 Å². The molecule has 1 aliphatic heterocycles. The molecule has 1 atom stereocenters. The van der Waals surface area contributed by atoms with Crippen LogP contribution in [-0.4, -0.2) is 41.4 Å². The van der Waals surface area contributed by atoms with Gasteiger partial charge in [0, 0.05) is 24.9 Å². The van der Waals surface area contributed by atoms with Crippen LogP contribution in [0.2, 0.25) is 0 Å². The monoisotopic (exact) mass is 318 g/mol. The van der Waals surface area contributed by atoms with Gasteiger partial charge in [-0.2, -0.15) is 0 Å². The van der Waals surface area contributed by atoms with E-state index in [0.29, 0.717) is 32.4 Å². The van der Waals surface area contributed by atoms with Gasteiger partial charge in [0.25, 0.3) is 0 Å². The Balaban J connectivity index is 1.67. The molecule has 5 nitrogen and oxygen atoms in total. The molecule has 0 aromatic heterocycles. The predicted octanol–water partition coefficient (Wildman–Crippen LogP) is 2.36. The van der Waals surface area contributed by atoms with Crippen molar-refractivity contribution in [1.82, 2.24) is 10.2 Å². The second-order valence-corrected chi connectivity index (χ2v) is 6.91. The second-order valence-electron chi connectivity index (χ2n) is 6.91. The molecule has 23 heavy (non-hydrogen) atoms. The third kappa shape index (κ3) is 5.27. The molecule has 1 N–H and O–H groups in total. The lowest BCUT2D eigenvalue weighted by Gasteiger charge is -2.32. The first-order valence-electron chi connectivity index (χ1n) is 8.14. The Morgan fingerprint density at radius 3 is 2.61 bits per heavy atom. The number of nitrogens with zero attached hydrogens (tertiary/aromatic N) is 1. The molecule has 1 fully saturated rings. The Labute approximate surface area is 138 Å². The summed E-state index contributed by atoms with van der Waals surface area (Å²) < 4.78 is 5.56. The van der Waals surface area contributed by atoms with Gasteiger partial charge in [0.15, 0.2) is 0 Å². The van der Waals surface area contributed by atoms with Crippen molar-refractivity contribution in [3.8, 4) is 5.75 Å². The normalized spacial score (nSPS) is 18.1. The van der Waals surface area contributed by atoms with Gasteiger partial charge >= 0.3 is 0 Å². The minimum Gasteiger partial charge on any atom is -0.494 e. The molecule has 1 unspecified atom stereocenters. The van der Waals surface area contributed by atoms with Crippen molar-refractivity contribution in [3.05, 3.63) is 30.3 Å². The first-order valence-corrected chi connectivity index (χ1v) is 8.14. The fraction of sp³-hybridized carbons (Fsp3) is 0.556. The molecular weight excluding hydrogens is 292 g/mol. The average Bonchev–Trinajstić information content (AvgIpc) is 2.85. The van der Waals surface area contributed by atoms with Gasteiger partial charge in [-0.05, 0) is 39.3 Å². The van der Waals surface area contributed by atoms with Crippen molar-refractivity contribution in [3.63, 3.8) is 0 Å². The number of hydrogen-bond donors (Lipinski definition) is 1. The predicted molar refractivity (Wildman–Crippen MR) is 89.2 cm³/mol. The molecule has 0 bridgehead atoms. The Morgan fingerprint density at radius 2 is 2.00 bits per heavy atom. The number of carbonyl (C=O) groups excluding carboxylic acids is 2. The van der Waals surface area contributed by atoms with Gasteiger partial charge in [0.05, 0.1) is 12.6 Å². The maximum absolute atomic E-state index is 12.0. The first-order chi connectivity index (χ1) is 10.9. The fourth-order valence-electron chi connectivity index (χ4n) is 2.69. The summed E-state index contributed by atoms with van der Waals surface area (Å²) in [6, 6.07) is 9.48. The van der Waals surface area contributed by atoms with Crippen LogP contribution in [0.15, 0.2) is 30.3 Å². The number of benzene rings is 1. The summed E-state index contributed by atoms with van der Waals surface area (Å²) in [7, 11) is 0. The molecule has 0 aliphatic carbocycles. The van der Waals surface area contributed by atoms with Crippen LogP contribution in [0.25, 0.3) is 0 Å². The molecule has 0 radical (unpaired) electrons. The Bertz CT molecular complexity index is 537. The summed E-state index contributed by atoms with van der Waals surface area (Å²) in [4.78, 5) is 25.8. The van der Waals surface area contributed by atoms with E-state index in [1.807, 2.05) is 56.0 Å². The van der Waals surface area contributed by atoms with Crippen molar-refractivity contribution in [2.45, 2.75) is 51.6 Å². The van der Waals surface area contributed by atoms with E-state index in [0.717, 1.165) is 5.75 Å². The number of carbonyl (C=O) groups is 2. The van der Waals surface area contributed by atoms with E-state index in [9.17, 15) is 9.59 Å². The zero-order valence-corrected chi connectivity index (χ0v) is 14.2. The maximum Gasteiger partial charge on any atom is 0.225 e. The summed E-state index contributed by atoms with van der Waals surface area (Å²) in [5, 5.41) is 2.95. The van der Waals surface area contributed by atoms with Gasteiger partial charge in [-0.15, -0.1) is 0 Å². The van der Waals surface area contributed by atoms with Crippen molar-refractivity contribution in [2.24, 2.45) is 0 Å². The largest absolute Gasteiger partial charge is 0.494 e. The Morgan fingerprint density at radius 1 is 1.30 bits per heavy atom. The van der Waals surface area contributed by atoms with E-state index in [4.69, 9.17) is 4.74 Å². The highest BCUT2D eigenvalue weighted by molar-refractivity contribution is 5.82. The van der Waals surface area contributed by atoms with Gasteiger partial charge in [0.2, 0.25) is 11.8 Å². The smallest absolute Gasteiger partial charge is 0.225 e. The molecule has 0 saturated carbocycles. The van der Waals surface area contributed by atoms with E-state index >= 15 is 0 Å². The first kappa shape index (κ1) is 17.3. The molecule has 0 spiro atoms. The number of hydrogen-bond acceptors (Lipinski definition) is 3. The molecule has 1 aromatic carbocycles. The second kappa shape index (κ2) is 7.49. The lowest BCUT2D eigenvalue weighted by Crippen LogP contribution is -2.44. The molecule has 126 valence electrons. The molecule has 1 saturated heterocycles. The highest BCUT2D eigenvalue weighted by Gasteiger charge is 2.36. The van der Waals surface area contributed by atoms with Crippen LogP contribution in [0.1, 0.15) is 40.0 Å². The minimum absolute atomic E-state index is 0.0183. The molecule has 2 amide bonds. The highest BCUT2D eigenvalue weighted by Crippen LogP contribution is 2.21. The van der Waals surface area contributed by atoms with Gasteiger partial charge in [-0.3, -0.25) is 9.59 Å². The number of likely N-dealkylation sites (tertiary alicyclic amines) is 1. The molecular formula is C18H26N2O3. The summed E-state index contributed by atoms with van der Waals surface area (Å²) in [6.07, 6.45) is 1.46. The van der Waals surface area contributed by atoms with Crippen LogP contribution >= 0.6 is 0 Å². The van der Waals surface area contributed by atoms with E-state index in [-0.39, 0.29) is 23.4 Å². The topological polar surface area (TPSA) is 58.6 Å². The standard InChI is InChI=1S/C18H26N2O3/c1-18(2,3)20-13-14(12-17(20)22)19-16(21)10-7-11-23-15-8-5-4-6-9-15/h4-6,8-9,14H,7,10-13H2,1-3H3,(H,19,21). The van der Waals surface area contributed by atoms with Crippen LogP contribution in [0.3, 0.4) is 0 Å². The average molecular weight is 318 g/mol. The zero-order valence-electron chi connectivity index (χ0n) is 14.2. The fourth-order valence-corrected chi connectivity index (χ4v) is 2.69. The molecule has 1 aliphatic rings. The number of rotatable bonds is 6. The van der Waals surface area contributed by atoms with E-state index in [2.05, 4.69) is 5.32 Å². The van der Waals surface area contributed by atoms with Crippen molar-refractivity contribution in [1.29, 1.82) is 0 Å². The van der Waals surface area contributed by atoms with Crippen LogP contribution in [-0.2, 0) is 9.59 Å². The summed E-state index contributed by atoms with van der Waals surface area (Å²) in [6.45, 7) is 7.13. The number of amides is 2. The van der Waals surface area contributed by atoms with Crippen molar-refractivity contribution >= 4 is 11.8 Å². The maximum atomic E-state index is 12.0. The van der Waals surface area contributed by atoms with Gasteiger partial charge in [0.1, 0.15) is 5.75 Å². The molecule has 1 heterocycles. The van der Waals surface area contributed by atoms with E-state index < -0.39 is 0 Å². The van der Waals surface area contributed by atoms with Crippen molar-refractivity contribution < 1.29 is 14.3 Å². The van der Waals surface area contributed by atoms with E-state index in [1.165, 1.54) is 0 Å². The third-order valence-corrected chi connectivity index (χ3v) is 3.86. The number of nitrogens with one attached hydrogen (secondary N) is 1. The Kier molecular flexibility index (Phi) is 5.64. The lowest BCUT2D eigenvalue weighted by atomic mass is 10.1. The number of para-hydroxylation sites is 1. The van der Waals surface area contributed by atoms with Crippen LogP contribution in [0.4, 0.5) is 0 Å². The number of ether oxygens (including phenoxy) is 1. The van der Waals surface area contributed by atoms with Crippen LogP contribution in [0.5, 0.6) is 5.75 Å². The van der Waals surface area contributed by atoms with Gasteiger partial charge in [-0.1, -0.05) is 18.2 Å². The van der Waals surface area contributed by atoms with Gasteiger partial charge < -0.3 is 15.0 Å². The lowest BCUT2D eigenvalue weighted by molar-refractivity contribution is -0.131. The third-order valence-electron chi connectivity index (χ3n) is 3.86. The SMILES string of the molecule is CC(C)(C)N1CC(NC(=O)CCCOc2ccccc2)CC1=O. The highest BCUT2D eigenvalue weighted by atomic mass is 16.5. The molecule has 5 heteroatoms.